The SMILES string of the molecule is NC(=O)C1CCCN(C(=O)c2ccc(N)cc2F)C1. The van der Waals surface area contributed by atoms with Gasteiger partial charge in [-0.1, -0.05) is 0 Å². The molecule has 19 heavy (non-hydrogen) atoms. The van der Waals surface area contributed by atoms with Crippen molar-refractivity contribution in [2.45, 2.75) is 12.8 Å². The van der Waals surface area contributed by atoms with Gasteiger partial charge in [-0.05, 0) is 31.0 Å². The predicted octanol–water partition coefficient (Wildman–Crippen LogP) is 0.745. The van der Waals surface area contributed by atoms with E-state index < -0.39 is 17.6 Å². The summed E-state index contributed by atoms with van der Waals surface area (Å²) in [6.45, 7) is 0.754. The Kier molecular flexibility index (Phi) is 3.69. The first kappa shape index (κ1) is 13.3. The van der Waals surface area contributed by atoms with E-state index in [0.29, 0.717) is 19.4 Å². The summed E-state index contributed by atoms with van der Waals surface area (Å²) in [5.74, 6) is -1.85. The Morgan fingerprint density at radius 1 is 1.37 bits per heavy atom. The van der Waals surface area contributed by atoms with Crippen molar-refractivity contribution in [3.63, 3.8) is 0 Å². The molecule has 6 heteroatoms. The number of likely N-dealkylation sites (tertiary alicyclic amines) is 1. The lowest BCUT2D eigenvalue weighted by Gasteiger charge is -2.31. The highest BCUT2D eigenvalue weighted by molar-refractivity contribution is 5.95. The molecular weight excluding hydrogens is 249 g/mol. The molecule has 102 valence electrons. The van der Waals surface area contributed by atoms with Crippen LogP contribution in [0.5, 0.6) is 0 Å². The van der Waals surface area contributed by atoms with Crippen LogP contribution < -0.4 is 11.5 Å². The van der Waals surface area contributed by atoms with Crippen molar-refractivity contribution in [2.24, 2.45) is 11.7 Å². The lowest BCUT2D eigenvalue weighted by Crippen LogP contribution is -2.44. The molecule has 1 heterocycles. The van der Waals surface area contributed by atoms with Crippen molar-refractivity contribution in [1.82, 2.24) is 4.90 Å². The fourth-order valence-electron chi connectivity index (χ4n) is 2.27. The number of benzene rings is 1. The van der Waals surface area contributed by atoms with Crippen molar-refractivity contribution in [1.29, 1.82) is 0 Å². The molecule has 1 aliphatic heterocycles. The molecule has 0 bridgehead atoms. The minimum Gasteiger partial charge on any atom is -0.399 e. The Morgan fingerprint density at radius 3 is 2.74 bits per heavy atom. The third-order valence-electron chi connectivity index (χ3n) is 3.33. The number of carbonyl (C=O) groups excluding carboxylic acids is 2. The summed E-state index contributed by atoms with van der Waals surface area (Å²) in [5, 5.41) is 0. The molecule has 1 aromatic carbocycles. The molecule has 1 atom stereocenters. The zero-order chi connectivity index (χ0) is 14.0. The number of nitrogens with two attached hydrogens (primary N) is 2. The number of nitrogen functional groups attached to an aromatic ring is 1. The summed E-state index contributed by atoms with van der Waals surface area (Å²) in [7, 11) is 0. The van der Waals surface area contributed by atoms with E-state index in [1.54, 1.807) is 0 Å². The van der Waals surface area contributed by atoms with Crippen LogP contribution in [0.3, 0.4) is 0 Å². The number of nitrogens with zero attached hydrogens (tertiary/aromatic N) is 1. The van der Waals surface area contributed by atoms with Crippen LogP contribution in [0, 0.1) is 11.7 Å². The van der Waals surface area contributed by atoms with Gasteiger partial charge in [0.2, 0.25) is 5.91 Å². The number of piperidine rings is 1. The summed E-state index contributed by atoms with van der Waals surface area (Å²) in [5.41, 5.74) is 10.9. The Morgan fingerprint density at radius 2 is 2.11 bits per heavy atom. The second-order valence-electron chi connectivity index (χ2n) is 4.73. The minimum atomic E-state index is -0.647. The molecule has 2 amide bonds. The van der Waals surface area contributed by atoms with Crippen molar-refractivity contribution < 1.29 is 14.0 Å². The monoisotopic (exact) mass is 265 g/mol. The molecule has 0 aromatic heterocycles. The van der Waals surface area contributed by atoms with Gasteiger partial charge >= 0.3 is 0 Å². The van der Waals surface area contributed by atoms with Gasteiger partial charge in [0.1, 0.15) is 5.82 Å². The minimum absolute atomic E-state index is 0.0284. The number of carbonyl (C=O) groups is 2. The first-order valence-corrected chi connectivity index (χ1v) is 6.12. The molecule has 1 saturated heterocycles. The maximum absolute atomic E-state index is 13.7. The predicted molar refractivity (Wildman–Crippen MR) is 68.6 cm³/mol. The number of halogens is 1. The number of hydrogen-bond donors (Lipinski definition) is 2. The molecule has 2 rings (SSSR count). The van der Waals surface area contributed by atoms with Crippen LogP contribution in [0.15, 0.2) is 18.2 Å². The van der Waals surface area contributed by atoms with E-state index in [1.807, 2.05) is 0 Å². The highest BCUT2D eigenvalue weighted by Gasteiger charge is 2.28. The van der Waals surface area contributed by atoms with Crippen molar-refractivity contribution in [2.75, 3.05) is 18.8 Å². The third kappa shape index (κ3) is 2.83. The van der Waals surface area contributed by atoms with Gasteiger partial charge in [-0.3, -0.25) is 9.59 Å². The van der Waals surface area contributed by atoms with Gasteiger partial charge in [0.05, 0.1) is 11.5 Å². The van der Waals surface area contributed by atoms with E-state index in [2.05, 4.69) is 0 Å². The average molecular weight is 265 g/mol. The van der Waals surface area contributed by atoms with Gasteiger partial charge in [-0.25, -0.2) is 4.39 Å². The van der Waals surface area contributed by atoms with Crippen LogP contribution in [0.4, 0.5) is 10.1 Å². The fraction of sp³-hybridized carbons (Fsp3) is 0.385. The molecule has 0 saturated carbocycles. The number of rotatable bonds is 2. The Hall–Kier alpha value is -2.11. The molecular formula is C13H16FN3O2. The molecule has 1 fully saturated rings. The molecule has 1 aromatic rings. The largest absolute Gasteiger partial charge is 0.399 e. The van der Waals surface area contributed by atoms with Gasteiger partial charge in [0.15, 0.2) is 0 Å². The first-order chi connectivity index (χ1) is 8.99. The molecule has 0 spiro atoms. The van der Waals surface area contributed by atoms with Gasteiger partial charge < -0.3 is 16.4 Å². The Bertz CT molecular complexity index is 519. The van der Waals surface area contributed by atoms with Crippen molar-refractivity contribution >= 4 is 17.5 Å². The number of hydrogen-bond acceptors (Lipinski definition) is 3. The average Bonchev–Trinajstić information content (AvgIpc) is 2.38. The zero-order valence-electron chi connectivity index (χ0n) is 10.4. The van der Waals surface area contributed by atoms with Crippen molar-refractivity contribution in [3.8, 4) is 0 Å². The van der Waals surface area contributed by atoms with Crippen LogP contribution >= 0.6 is 0 Å². The van der Waals surface area contributed by atoms with Crippen LogP contribution in [0.25, 0.3) is 0 Å². The highest BCUT2D eigenvalue weighted by atomic mass is 19.1. The zero-order valence-corrected chi connectivity index (χ0v) is 10.4. The highest BCUT2D eigenvalue weighted by Crippen LogP contribution is 2.20. The van der Waals surface area contributed by atoms with Crippen LogP contribution in [-0.4, -0.2) is 29.8 Å². The van der Waals surface area contributed by atoms with E-state index in [-0.39, 0.29) is 23.7 Å². The van der Waals surface area contributed by atoms with Gasteiger partial charge in [-0.2, -0.15) is 0 Å². The molecule has 4 N–H and O–H groups in total. The normalized spacial score (nSPS) is 19.2. The smallest absolute Gasteiger partial charge is 0.256 e. The third-order valence-corrected chi connectivity index (χ3v) is 3.33. The van der Waals surface area contributed by atoms with Gasteiger partial charge in [0.25, 0.3) is 5.91 Å². The van der Waals surface area contributed by atoms with E-state index in [9.17, 15) is 14.0 Å². The quantitative estimate of drug-likeness (QED) is 0.773. The maximum atomic E-state index is 13.7. The number of primary amides is 1. The second-order valence-corrected chi connectivity index (χ2v) is 4.73. The van der Waals surface area contributed by atoms with E-state index >= 15 is 0 Å². The summed E-state index contributed by atoms with van der Waals surface area (Å²) in [6.07, 6.45) is 1.36. The van der Waals surface area contributed by atoms with Crippen LogP contribution in [0.1, 0.15) is 23.2 Å². The summed E-state index contributed by atoms with van der Waals surface area (Å²) in [6, 6.07) is 3.95. The molecule has 0 aliphatic carbocycles. The van der Waals surface area contributed by atoms with E-state index in [1.165, 1.54) is 17.0 Å². The van der Waals surface area contributed by atoms with Crippen molar-refractivity contribution in [3.05, 3.63) is 29.6 Å². The molecule has 1 unspecified atom stereocenters. The fourth-order valence-corrected chi connectivity index (χ4v) is 2.27. The Balaban J connectivity index is 2.17. The second kappa shape index (κ2) is 5.26. The van der Waals surface area contributed by atoms with Gasteiger partial charge in [-0.15, -0.1) is 0 Å². The standard InChI is InChI=1S/C13H16FN3O2/c14-11-6-9(15)3-4-10(11)13(19)17-5-1-2-8(7-17)12(16)18/h3-4,6,8H,1-2,5,7,15H2,(H2,16,18). The summed E-state index contributed by atoms with van der Waals surface area (Å²) >= 11 is 0. The Labute approximate surface area is 110 Å². The van der Waals surface area contributed by atoms with Crippen LogP contribution in [-0.2, 0) is 4.79 Å². The first-order valence-electron chi connectivity index (χ1n) is 6.12. The molecule has 1 aliphatic rings. The lowest BCUT2D eigenvalue weighted by atomic mass is 9.97. The van der Waals surface area contributed by atoms with Crippen LogP contribution in [0.2, 0.25) is 0 Å². The molecule has 5 nitrogen and oxygen atoms in total. The maximum Gasteiger partial charge on any atom is 0.256 e. The number of amides is 2. The van der Waals surface area contributed by atoms with Gasteiger partial charge in [0, 0.05) is 18.8 Å². The summed E-state index contributed by atoms with van der Waals surface area (Å²) in [4.78, 5) is 24.8. The topological polar surface area (TPSA) is 89.4 Å². The summed E-state index contributed by atoms with van der Waals surface area (Å²) < 4.78 is 13.7. The lowest BCUT2D eigenvalue weighted by molar-refractivity contribution is -0.123. The number of anilines is 1. The molecule has 0 radical (unpaired) electrons. The van der Waals surface area contributed by atoms with E-state index in [0.717, 1.165) is 6.07 Å². The van der Waals surface area contributed by atoms with E-state index in [4.69, 9.17) is 11.5 Å².